The number of nitrogens with zero attached hydrogens (tertiary/aromatic N) is 1. The first-order chi connectivity index (χ1) is 10.7. The summed E-state index contributed by atoms with van der Waals surface area (Å²) in [5, 5.41) is 6.27. The molecule has 5 nitrogen and oxygen atoms in total. The zero-order valence-corrected chi connectivity index (χ0v) is 13.6. The monoisotopic (exact) mass is 305 g/mol. The topological polar surface area (TPSA) is 57.5 Å². The summed E-state index contributed by atoms with van der Waals surface area (Å²) in [7, 11) is 1.69. The third-order valence-corrected chi connectivity index (χ3v) is 4.96. The zero-order valence-electron chi connectivity index (χ0n) is 13.6. The standard InChI is InChI=1S/C17H27N3O2/c1-12-9-15(12)16-4-3-14(22-16)10-19-13-5-7-20(8-6-13)11-17(21)18-2/h3-4,12-13,15,19H,5-11H2,1-2H3,(H,18,21). The second kappa shape index (κ2) is 6.84. The summed E-state index contributed by atoms with van der Waals surface area (Å²) in [6.07, 6.45) is 3.44. The highest BCUT2D eigenvalue weighted by molar-refractivity contribution is 5.77. The molecule has 2 aliphatic rings. The molecule has 2 N–H and O–H groups in total. The molecule has 1 amide bonds. The molecule has 1 aliphatic carbocycles. The van der Waals surface area contributed by atoms with E-state index >= 15 is 0 Å². The van der Waals surface area contributed by atoms with Crippen LogP contribution in [0.1, 0.15) is 43.6 Å². The van der Waals surface area contributed by atoms with Gasteiger partial charge in [0.05, 0.1) is 13.1 Å². The highest BCUT2D eigenvalue weighted by atomic mass is 16.3. The first-order valence-electron chi connectivity index (χ1n) is 8.40. The van der Waals surface area contributed by atoms with E-state index < -0.39 is 0 Å². The van der Waals surface area contributed by atoms with Crippen LogP contribution in [0.15, 0.2) is 16.5 Å². The second-order valence-corrected chi connectivity index (χ2v) is 6.73. The fraction of sp³-hybridized carbons (Fsp3) is 0.706. The molecule has 0 radical (unpaired) electrons. The molecular weight excluding hydrogens is 278 g/mol. The Morgan fingerprint density at radius 1 is 1.36 bits per heavy atom. The molecule has 1 aliphatic heterocycles. The quantitative estimate of drug-likeness (QED) is 0.840. The maximum atomic E-state index is 11.4. The molecule has 2 fully saturated rings. The Labute approximate surface area is 132 Å². The molecule has 1 aromatic rings. The summed E-state index contributed by atoms with van der Waals surface area (Å²) in [6, 6.07) is 4.76. The number of likely N-dealkylation sites (N-methyl/N-ethyl adjacent to an activating group) is 1. The van der Waals surface area contributed by atoms with Gasteiger partial charge in [0.25, 0.3) is 0 Å². The molecule has 1 saturated carbocycles. The van der Waals surface area contributed by atoms with Gasteiger partial charge in [0.1, 0.15) is 11.5 Å². The van der Waals surface area contributed by atoms with Gasteiger partial charge in [-0.15, -0.1) is 0 Å². The van der Waals surface area contributed by atoms with E-state index in [0.29, 0.717) is 18.5 Å². The van der Waals surface area contributed by atoms with Gasteiger partial charge < -0.3 is 15.1 Å². The highest BCUT2D eigenvalue weighted by Crippen LogP contribution is 2.47. The molecule has 0 bridgehead atoms. The predicted molar refractivity (Wildman–Crippen MR) is 85.6 cm³/mol. The molecule has 2 unspecified atom stereocenters. The van der Waals surface area contributed by atoms with Crippen molar-refractivity contribution in [3.8, 4) is 0 Å². The van der Waals surface area contributed by atoms with Crippen LogP contribution in [0.3, 0.4) is 0 Å². The summed E-state index contributed by atoms with van der Waals surface area (Å²) in [5.74, 6) is 3.74. The third-order valence-electron chi connectivity index (χ3n) is 4.96. The van der Waals surface area contributed by atoms with Crippen LogP contribution in [0, 0.1) is 5.92 Å². The Morgan fingerprint density at radius 3 is 2.73 bits per heavy atom. The maximum Gasteiger partial charge on any atom is 0.233 e. The number of nitrogens with one attached hydrogen (secondary N) is 2. The molecule has 0 aromatic carbocycles. The van der Waals surface area contributed by atoms with Crippen LogP contribution >= 0.6 is 0 Å². The van der Waals surface area contributed by atoms with Crippen LogP contribution in [0.25, 0.3) is 0 Å². The van der Waals surface area contributed by atoms with Gasteiger partial charge in [-0.2, -0.15) is 0 Å². The SMILES string of the molecule is CNC(=O)CN1CCC(NCc2ccc(C3CC3C)o2)CC1. The summed E-state index contributed by atoms with van der Waals surface area (Å²) >= 11 is 0. The van der Waals surface area contributed by atoms with Gasteiger partial charge in [0.2, 0.25) is 5.91 Å². The lowest BCUT2D eigenvalue weighted by molar-refractivity contribution is -0.122. The molecule has 22 heavy (non-hydrogen) atoms. The number of rotatable bonds is 6. The summed E-state index contributed by atoms with van der Waals surface area (Å²) in [6.45, 7) is 5.56. The van der Waals surface area contributed by atoms with Crippen molar-refractivity contribution in [2.24, 2.45) is 5.92 Å². The molecule has 1 aromatic heterocycles. The Kier molecular flexibility index (Phi) is 4.84. The van der Waals surface area contributed by atoms with E-state index in [1.165, 1.54) is 6.42 Å². The first-order valence-corrected chi connectivity index (χ1v) is 8.40. The molecule has 2 heterocycles. The zero-order chi connectivity index (χ0) is 15.5. The minimum atomic E-state index is 0.101. The number of hydrogen-bond acceptors (Lipinski definition) is 4. The van der Waals surface area contributed by atoms with Crippen molar-refractivity contribution in [1.29, 1.82) is 0 Å². The number of likely N-dealkylation sites (tertiary alicyclic amines) is 1. The largest absolute Gasteiger partial charge is 0.464 e. The lowest BCUT2D eigenvalue weighted by atomic mass is 10.1. The van der Waals surface area contributed by atoms with Crippen molar-refractivity contribution in [2.75, 3.05) is 26.7 Å². The Morgan fingerprint density at radius 2 is 2.09 bits per heavy atom. The fourth-order valence-corrected chi connectivity index (χ4v) is 3.23. The lowest BCUT2D eigenvalue weighted by Gasteiger charge is -2.31. The second-order valence-electron chi connectivity index (χ2n) is 6.73. The van der Waals surface area contributed by atoms with E-state index in [1.807, 2.05) is 0 Å². The van der Waals surface area contributed by atoms with Crippen LogP contribution in [-0.2, 0) is 11.3 Å². The molecule has 3 rings (SSSR count). The van der Waals surface area contributed by atoms with Crippen molar-refractivity contribution in [1.82, 2.24) is 15.5 Å². The number of amides is 1. The van der Waals surface area contributed by atoms with Crippen molar-refractivity contribution in [3.05, 3.63) is 23.7 Å². The van der Waals surface area contributed by atoms with Crippen molar-refractivity contribution < 1.29 is 9.21 Å². The minimum absolute atomic E-state index is 0.101. The molecule has 1 saturated heterocycles. The summed E-state index contributed by atoms with van der Waals surface area (Å²) in [5.41, 5.74) is 0. The Bertz CT molecular complexity index is 506. The molecule has 5 heteroatoms. The van der Waals surface area contributed by atoms with E-state index in [0.717, 1.165) is 49.9 Å². The molecular formula is C17H27N3O2. The Balaban J connectivity index is 1.38. The maximum absolute atomic E-state index is 11.4. The lowest BCUT2D eigenvalue weighted by Crippen LogP contribution is -2.45. The van der Waals surface area contributed by atoms with Crippen LogP contribution in [0.2, 0.25) is 0 Å². The third kappa shape index (κ3) is 3.90. The minimum Gasteiger partial charge on any atom is -0.464 e. The normalized spacial score (nSPS) is 26.1. The van der Waals surface area contributed by atoms with E-state index in [9.17, 15) is 4.79 Å². The van der Waals surface area contributed by atoms with Crippen molar-refractivity contribution >= 4 is 5.91 Å². The van der Waals surface area contributed by atoms with E-state index in [4.69, 9.17) is 4.42 Å². The van der Waals surface area contributed by atoms with Crippen LogP contribution in [-0.4, -0.2) is 43.5 Å². The summed E-state index contributed by atoms with van der Waals surface area (Å²) < 4.78 is 5.93. The number of piperidine rings is 1. The van der Waals surface area contributed by atoms with E-state index in [1.54, 1.807) is 7.05 Å². The fourth-order valence-electron chi connectivity index (χ4n) is 3.23. The Hall–Kier alpha value is -1.33. The molecule has 0 spiro atoms. The number of carbonyl (C=O) groups is 1. The molecule has 122 valence electrons. The van der Waals surface area contributed by atoms with Gasteiger partial charge in [-0.25, -0.2) is 0 Å². The predicted octanol–water partition coefficient (Wildman–Crippen LogP) is 1.70. The van der Waals surface area contributed by atoms with Crippen LogP contribution < -0.4 is 10.6 Å². The van der Waals surface area contributed by atoms with Gasteiger partial charge in [-0.1, -0.05) is 6.92 Å². The first kappa shape index (κ1) is 15.6. The average molecular weight is 305 g/mol. The van der Waals surface area contributed by atoms with Gasteiger partial charge in [-0.05, 0) is 37.3 Å². The molecule has 2 atom stereocenters. The summed E-state index contributed by atoms with van der Waals surface area (Å²) in [4.78, 5) is 13.6. The number of hydrogen-bond donors (Lipinski definition) is 2. The van der Waals surface area contributed by atoms with Gasteiger partial charge in [0.15, 0.2) is 0 Å². The van der Waals surface area contributed by atoms with Crippen LogP contribution in [0.5, 0.6) is 0 Å². The van der Waals surface area contributed by atoms with E-state index in [-0.39, 0.29) is 5.91 Å². The van der Waals surface area contributed by atoms with E-state index in [2.05, 4.69) is 34.6 Å². The number of furan rings is 1. The van der Waals surface area contributed by atoms with Crippen molar-refractivity contribution in [3.63, 3.8) is 0 Å². The van der Waals surface area contributed by atoms with Crippen LogP contribution in [0.4, 0.5) is 0 Å². The highest BCUT2D eigenvalue weighted by Gasteiger charge is 2.36. The van der Waals surface area contributed by atoms with Crippen molar-refractivity contribution in [2.45, 2.75) is 44.7 Å². The smallest absolute Gasteiger partial charge is 0.233 e. The number of carbonyl (C=O) groups excluding carboxylic acids is 1. The van der Waals surface area contributed by atoms with Gasteiger partial charge >= 0.3 is 0 Å². The average Bonchev–Trinajstić information content (AvgIpc) is 3.08. The van der Waals surface area contributed by atoms with Gasteiger partial charge in [-0.3, -0.25) is 9.69 Å². The van der Waals surface area contributed by atoms with Gasteiger partial charge in [0, 0.05) is 32.1 Å².